The molecule has 0 fully saturated rings. The second-order valence-electron chi connectivity index (χ2n) is 7.35. The van der Waals surface area contributed by atoms with Crippen LogP contribution in [0, 0.1) is 82.9 Å². The van der Waals surface area contributed by atoms with Crippen LogP contribution >= 0.6 is 0 Å². The highest BCUT2D eigenvalue weighted by Gasteiger charge is 2.15. The van der Waals surface area contributed by atoms with Crippen molar-refractivity contribution in [1.29, 1.82) is 0 Å². The molecule has 0 aliphatic carbocycles. The van der Waals surface area contributed by atoms with Crippen molar-refractivity contribution in [1.82, 2.24) is 0 Å². The summed E-state index contributed by atoms with van der Waals surface area (Å²) in [5.41, 5.74) is 0. The summed E-state index contributed by atoms with van der Waals surface area (Å²) in [4.78, 5) is 23.5. The number of carbonyl (C=O) groups is 2. The van der Waals surface area contributed by atoms with E-state index >= 15 is 0 Å². The lowest BCUT2D eigenvalue weighted by molar-refractivity contribution is -0.159. The average Bonchev–Trinajstić information content (AvgIpc) is 2.88. The highest BCUT2D eigenvalue weighted by Crippen LogP contribution is 2.11. The van der Waals surface area contributed by atoms with Gasteiger partial charge in [-0.15, -0.1) is 0 Å². The Labute approximate surface area is 216 Å². The molecule has 186 valence electrons. The molecule has 5 nitrogen and oxygen atoms in total. The van der Waals surface area contributed by atoms with Crippen molar-refractivity contribution in [2.24, 2.45) is 0 Å². The first-order chi connectivity index (χ1) is 17.6. The molecule has 0 aromatic rings. The topological polar surface area (TPSA) is 72.8 Å². The molecule has 0 saturated carbocycles. The molecule has 0 aromatic carbocycles. The Balaban J connectivity index is 4.15. The number of hydrogen-bond donors (Lipinski definition) is 1. The molecule has 0 saturated heterocycles. The second-order valence-corrected chi connectivity index (χ2v) is 7.35. The van der Waals surface area contributed by atoms with Crippen LogP contribution in [0.1, 0.15) is 78.1 Å². The van der Waals surface area contributed by atoms with E-state index in [1.165, 1.54) is 38.5 Å². The van der Waals surface area contributed by atoms with Crippen molar-refractivity contribution in [3.63, 3.8) is 0 Å². The van der Waals surface area contributed by atoms with Gasteiger partial charge in [-0.2, -0.15) is 0 Å². The summed E-state index contributed by atoms with van der Waals surface area (Å²) in [6, 6.07) is 0. The molecule has 0 radical (unpaired) electrons. The van der Waals surface area contributed by atoms with Gasteiger partial charge in [0, 0.05) is 12.3 Å². The Kier molecular flexibility index (Phi) is 22.5. The van der Waals surface area contributed by atoms with Gasteiger partial charge in [0.1, 0.15) is 6.61 Å². The molecule has 0 aliphatic heterocycles. The molecule has 36 heavy (non-hydrogen) atoms. The number of carbonyl (C=O) groups excluding carboxylic acids is 2. The van der Waals surface area contributed by atoms with Crippen LogP contribution in [0.3, 0.4) is 0 Å². The zero-order valence-electron chi connectivity index (χ0n) is 21.1. The minimum absolute atomic E-state index is 0.274. The molecule has 0 heterocycles. The van der Waals surface area contributed by atoms with Crippen LogP contribution < -0.4 is 0 Å². The number of unbranched alkanes of at least 4 members (excludes halogenated alkanes) is 8. The largest absolute Gasteiger partial charge is 0.456 e. The summed E-state index contributed by atoms with van der Waals surface area (Å²) in [6.45, 7) is 3.14. The Morgan fingerprint density at radius 1 is 0.694 bits per heavy atom. The molecule has 0 bridgehead atoms. The standard InChI is InChI=1S/C31H32O5/c1-3-5-7-9-11-13-14-15-16-18-19-21-23-25-30(33)35-28-29(27-32)36-31(34)26-24-22-20-17-12-10-8-6-4-2/h29,32H,4,6,8,10,12,17,20,22,24,26-28H2,1-2H3/t29-/m1/s1. The minimum Gasteiger partial charge on any atom is -0.456 e. The predicted octanol–water partition coefficient (Wildman–Crippen LogP) is 3.40. The molecule has 0 amide bonds. The highest BCUT2D eigenvalue weighted by molar-refractivity contribution is 5.89. The molecule has 5 heteroatoms. The molecular weight excluding hydrogens is 452 g/mol. The summed E-state index contributed by atoms with van der Waals surface area (Å²) in [5.74, 6) is 32.9. The summed E-state index contributed by atoms with van der Waals surface area (Å²) < 4.78 is 10.0. The average molecular weight is 485 g/mol. The van der Waals surface area contributed by atoms with Gasteiger partial charge in [-0.1, -0.05) is 64.2 Å². The van der Waals surface area contributed by atoms with Crippen LogP contribution in [0.4, 0.5) is 0 Å². The lowest BCUT2D eigenvalue weighted by atomic mass is 10.1. The monoisotopic (exact) mass is 484 g/mol. The first kappa shape index (κ1) is 31.8. The highest BCUT2D eigenvalue weighted by atomic mass is 16.6. The van der Waals surface area contributed by atoms with Gasteiger partial charge in [0.05, 0.1) is 6.61 Å². The van der Waals surface area contributed by atoms with Crippen molar-refractivity contribution in [2.75, 3.05) is 13.2 Å². The maximum absolute atomic E-state index is 11.9. The molecule has 0 aromatic heterocycles. The van der Waals surface area contributed by atoms with Crippen LogP contribution in [0.5, 0.6) is 0 Å². The summed E-state index contributed by atoms with van der Waals surface area (Å²) in [7, 11) is 0. The van der Waals surface area contributed by atoms with Gasteiger partial charge in [-0.05, 0) is 84.4 Å². The summed E-state index contributed by atoms with van der Waals surface area (Å²) in [6.07, 6.45) is 9.68. The van der Waals surface area contributed by atoms with E-state index in [1.54, 1.807) is 6.92 Å². The van der Waals surface area contributed by atoms with Gasteiger partial charge < -0.3 is 14.6 Å². The van der Waals surface area contributed by atoms with E-state index in [0.29, 0.717) is 0 Å². The van der Waals surface area contributed by atoms with Crippen molar-refractivity contribution < 1.29 is 24.2 Å². The number of hydrogen-bond acceptors (Lipinski definition) is 5. The fourth-order valence-electron chi connectivity index (χ4n) is 2.61. The molecule has 0 aliphatic rings. The van der Waals surface area contributed by atoms with Crippen molar-refractivity contribution in [2.45, 2.75) is 84.2 Å². The second kappa shape index (κ2) is 25.4. The van der Waals surface area contributed by atoms with Crippen LogP contribution in [-0.4, -0.2) is 36.4 Å². The third-order valence-corrected chi connectivity index (χ3v) is 4.36. The van der Waals surface area contributed by atoms with E-state index < -0.39 is 24.6 Å². The molecule has 1 atom stereocenters. The van der Waals surface area contributed by atoms with Crippen molar-refractivity contribution in [3.8, 4) is 82.9 Å². The van der Waals surface area contributed by atoms with Gasteiger partial charge in [-0.3, -0.25) is 4.79 Å². The fourth-order valence-corrected chi connectivity index (χ4v) is 2.61. The van der Waals surface area contributed by atoms with Gasteiger partial charge >= 0.3 is 11.9 Å². The van der Waals surface area contributed by atoms with Crippen LogP contribution in [0.2, 0.25) is 0 Å². The van der Waals surface area contributed by atoms with E-state index in [2.05, 4.69) is 89.8 Å². The fraction of sp³-hybridized carbons (Fsp3) is 0.484. The van der Waals surface area contributed by atoms with E-state index in [9.17, 15) is 14.7 Å². The minimum atomic E-state index is -0.925. The number of rotatable bonds is 14. The van der Waals surface area contributed by atoms with Crippen molar-refractivity contribution in [3.05, 3.63) is 0 Å². The Hall–Kier alpha value is -4.18. The van der Waals surface area contributed by atoms with Crippen LogP contribution in [0.15, 0.2) is 0 Å². The van der Waals surface area contributed by atoms with E-state index in [4.69, 9.17) is 9.47 Å². The normalized spacial score (nSPS) is 8.86. The number of ether oxygens (including phenoxy) is 2. The molecule has 0 unspecified atom stereocenters. The lowest BCUT2D eigenvalue weighted by Gasteiger charge is -2.14. The Morgan fingerprint density at radius 2 is 1.17 bits per heavy atom. The van der Waals surface area contributed by atoms with E-state index in [0.717, 1.165) is 19.3 Å². The smallest absolute Gasteiger partial charge is 0.385 e. The molecular formula is C31H32O5. The maximum Gasteiger partial charge on any atom is 0.385 e. The summed E-state index contributed by atoms with van der Waals surface area (Å²) >= 11 is 0. The Bertz CT molecular complexity index is 1110. The van der Waals surface area contributed by atoms with E-state index in [1.807, 2.05) is 0 Å². The third kappa shape index (κ3) is 23.0. The quantitative estimate of drug-likeness (QED) is 0.177. The van der Waals surface area contributed by atoms with Gasteiger partial charge in [-0.25, -0.2) is 4.79 Å². The van der Waals surface area contributed by atoms with Gasteiger partial charge in [0.15, 0.2) is 6.10 Å². The van der Waals surface area contributed by atoms with Gasteiger partial charge in [0.2, 0.25) is 0 Å². The third-order valence-electron chi connectivity index (χ3n) is 4.36. The number of aliphatic hydroxyl groups is 1. The number of esters is 2. The van der Waals surface area contributed by atoms with Crippen LogP contribution in [0.25, 0.3) is 0 Å². The van der Waals surface area contributed by atoms with Crippen molar-refractivity contribution >= 4 is 11.9 Å². The molecule has 1 N–H and O–H groups in total. The zero-order valence-corrected chi connectivity index (χ0v) is 21.1. The number of aliphatic hydroxyl groups excluding tert-OH is 1. The summed E-state index contributed by atoms with van der Waals surface area (Å²) in [5, 5.41) is 9.34. The SMILES string of the molecule is CC#CC#CC#CC#CC#CC#CC#CC(=O)OC[C@@H](CO)OC(=O)CCCCCCCCCCC. The molecule has 0 spiro atoms. The molecule has 0 rings (SSSR count). The lowest BCUT2D eigenvalue weighted by Crippen LogP contribution is -2.28. The van der Waals surface area contributed by atoms with Gasteiger partial charge in [0.25, 0.3) is 0 Å². The zero-order chi connectivity index (χ0) is 26.5. The predicted molar refractivity (Wildman–Crippen MR) is 140 cm³/mol. The first-order valence-corrected chi connectivity index (χ1v) is 12.0. The van der Waals surface area contributed by atoms with E-state index in [-0.39, 0.29) is 13.0 Å². The maximum atomic E-state index is 11.9. The van der Waals surface area contributed by atoms with Crippen LogP contribution in [-0.2, 0) is 19.1 Å². The first-order valence-electron chi connectivity index (χ1n) is 12.0. The Morgan fingerprint density at radius 3 is 1.67 bits per heavy atom.